The highest BCUT2D eigenvalue weighted by Gasteiger charge is 2.39. The Labute approximate surface area is 200 Å². The van der Waals surface area contributed by atoms with Gasteiger partial charge in [0.2, 0.25) is 0 Å². The van der Waals surface area contributed by atoms with E-state index in [-0.39, 0.29) is 10.7 Å². The van der Waals surface area contributed by atoms with Crippen molar-refractivity contribution in [3.63, 3.8) is 0 Å². The van der Waals surface area contributed by atoms with Gasteiger partial charge < -0.3 is 10.1 Å². The second-order valence-electron chi connectivity index (χ2n) is 7.48. The smallest absolute Gasteiger partial charge is 0.343 e. The molecule has 0 spiro atoms. The fourth-order valence-electron chi connectivity index (χ4n) is 3.27. The Hall–Kier alpha value is -3.61. The van der Waals surface area contributed by atoms with Gasteiger partial charge in [-0.25, -0.2) is 9.69 Å². The number of imide groups is 1. The molecular weight excluding hydrogens is 463 g/mol. The van der Waals surface area contributed by atoms with Crippen molar-refractivity contribution in [2.45, 2.75) is 13.8 Å². The SMILES string of the molecule is Cc1ccc(C)c(OC(=O)c2ccc(NC3=C(Cl)C(=O)N(c4cccc(Cl)c4)C3=O)cc2)c1. The molecule has 3 aromatic carbocycles. The van der Waals surface area contributed by atoms with Crippen LogP contribution in [0.3, 0.4) is 0 Å². The number of nitrogens with zero attached hydrogens (tertiary/aromatic N) is 1. The van der Waals surface area contributed by atoms with Crippen LogP contribution >= 0.6 is 23.2 Å². The minimum absolute atomic E-state index is 0.0626. The highest BCUT2D eigenvalue weighted by atomic mass is 35.5. The highest BCUT2D eigenvalue weighted by Crippen LogP contribution is 2.31. The zero-order valence-electron chi connectivity index (χ0n) is 17.7. The summed E-state index contributed by atoms with van der Waals surface area (Å²) in [5.74, 6) is -1.27. The molecule has 6 nitrogen and oxygen atoms in total. The second-order valence-corrected chi connectivity index (χ2v) is 8.29. The van der Waals surface area contributed by atoms with Crippen molar-refractivity contribution in [3.8, 4) is 5.75 Å². The maximum absolute atomic E-state index is 12.9. The zero-order chi connectivity index (χ0) is 23.7. The van der Waals surface area contributed by atoms with E-state index in [1.807, 2.05) is 26.0 Å². The first-order valence-electron chi connectivity index (χ1n) is 9.95. The summed E-state index contributed by atoms with van der Waals surface area (Å²) < 4.78 is 5.50. The van der Waals surface area contributed by atoms with E-state index in [0.29, 0.717) is 27.7 Å². The van der Waals surface area contributed by atoms with Gasteiger partial charge in [-0.2, -0.15) is 0 Å². The Bertz CT molecular complexity index is 1320. The molecule has 0 saturated heterocycles. The van der Waals surface area contributed by atoms with Crippen molar-refractivity contribution in [3.05, 3.63) is 99.2 Å². The molecule has 0 radical (unpaired) electrons. The van der Waals surface area contributed by atoms with E-state index in [9.17, 15) is 14.4 Å². The molecule has 1 heterocycles. The van der Waals surface area contributed by atoms with Crippen LogP contribution in [0, 0.1) is 13.8 Å². The van der Waals surface area contributed by atoms with Gasteiger partial charge in [-0.1, -0.05) is 41.4 Å². The Morgan fingerprint density at radius 3 is 2.33 bits per heavy atom. The fourth-order valence-corrected chi connectivity index (χ4v) is 3.67. The van der Waals surface area contributed by atoms with Gasteiger partial charge in [0.25, 0.3) is 11.8 Å². The maximum atomic E-state index is 12.9. The van der Waals surface area contributed by atoms with Gasteiger partial charge in [0.15, 0.2) is 0 Å². The lowest BCUT2D eigenvalue weighted by molar-refractivity contribution is -0.120. The summed E-state index contributed by atoms with van der Waals surface area (Å²) in [4.78, 5) is 38.9. The van der Waals surface area contributed by atoms with Crippen LogP contribution in [0.15, 0.2) is 77.5 Å². The Morgan fingerprint density at radius 1 is 0.909 bits per heavy atom. The third-order valence-electron chi connectivity index (χ3n) is 5.03. The van der Waals surface area contributed by atoms with Crippen molar-refractivity contribution >= 4 is 52.4 Å². The molecule has 0 aliphatic carbocycles. The second kappa shape index (κ2) is 9.10. The number of hydrogen-bond acceptors (Lipinski definition) is 5. The number of ether oxygens (including phenoxy) is 1. The molecule has 4 rings (SSSR count). The van der Waals surface area contributed by atoms with E-state index in [1.165, 1.54) is 6.07 Å². The van der Waals surface area contributed by atoms with Crippen LogP contribution in [-0.4, -0.2) is 17.8 Å². The molecule has 1 N–H and O–H groups in total. The number of hydrogen-bond donors (Lipinski definition) is 1. The summed E-state index contributed by atoms with van der Waals surface area (Å²) in [5, 5.41) is 3.01. The van der Waals surface area contributed by atoms with Crippen LogP contribution in [0.5, 0.6) is 5.75 Å². The molecule has 8 heteroatoms. The van der Waals surface area contributed by atoms with Crippen LogP contribution in [0.1, 0.15) is 21.5 Å². The zero-order valence-corrected chi connectivity index (χ0v) is 19.2. The van der Waals surface area contributed by atoms with Crippen LogP contribution < -0.4 is 15.0 Å². The van der Waals surface area contributed by atoms with Crippen molar-refractivity contribution in [1.82, 2.24) is 0 Å². The van der Waals surface area contributed by atoms with Gasteiger partial charge in [0.1, 0.15) is 16.5 Å². The third kappa shape index (κ3) is 4.62. The summed E-state index contributed by atoms with van der Waals surface area (Å²) in [6.07, 6.45) is 0. The summed E-state index contributed by atoms with van der Waals surface area (Å²) in [5.41, 5.74) is 2.89. The molecule has 1 aliphatic heterocycles. The highest BCUT2D eigenvalue weighted by molar-refractivity contribution is 6.53. The molecule has 3 aromatic rings. The molecule has 0 aromatic heterocycles. The number of aryl methyl sites for hydroxylation is 2. The Balaban J connectivity index is 1.49. The van der Waals surface area contributed by atoms with E-state index in [0.717, 1.165) is 16.0 Å². The predicted octanol–water partition coefficient (Wildman–Crippen LogP) is 5.61. The number of amides is 2. The van der Waals surface area contributed by atoms with Gasteiger partial charge in [0, 0.05) is 10.7 Å². The van der Waals surface area contributed by atoms with Crippen LogP contribution in [0.4, 0.5) is 11.4 Å². The van der Waals surface area contributed by atoms with E-state index in [4.69, 9.17) is 27.9 Å². The predicted molar refractivity (Wildman–Crippen MR) is 128 cm³/mol. The van der Waals surface area contributed by atoms with Crippen LogP contribution in [0.25, 0.3) is 0 Å². The van der Waals surface area contributed by atoms with E-state index in [2.05, 4.69) is 5.32 Å². The first-order chi connectivity index (χ1) is 15.7. The molecule has 0 fully saturated rings. The summed E-state index contributed by atoms with van der Waals surface area (Å²) in [7, 11) is 0. The van der Waals surface area contributed by atoms with Crippen LogP contribution in [0.2, 0.25) is 5.02 Å². The average Bonchev–Trinajstić information content (AvgIpc) is 3.00. The first kappa shape index (κ1) is 22.6. The number of benzene rings is 3. The summed E-state index contributed by atoms with van der Waals surface area (Å²) in [6, 6.07) is 18.3. The van der Waals surface area contributed by atoms with Gasteiger partial charge in [-0.15, -0.1) is 0 Å². The number of anilines is 2. The van der Waals surface area contributed by atoms with E-state index >= 15 is 0 Å². The van der Waals surface area contributed by atoms with E-state index < -0.39 is 17.8 Å². The van der Waals surface area contributed by atoms with Crippen molar-refractivity contribution in [2.24, 2.45) is 0 Å². The minimum atomic E-state index is -0.653. The summed E-state index contributed by atoms with van der Waals surface area (Å²) in [6.45, 7) is 3.78. The van der Waals surface area contributed by atoms with E-state index in [1.54, 1.807) is 48.5 Å². The van der Waals surface area contributed by atoms with Crippen LogP contribution in [-0.2, 0) is 9.59 Å². The first-order valence-corrected chi connectivity index (χ1v) is 10.7. The molecule has 0 unspecified atom stereocenters. The van der Waals surface area contributed by atoms with Gasteiger partial charge in [0.05, 0.1) is 11.3 Å². The molecule has 166 valence electrons. The third-order valence-corrected chi connectivity index (χ3v) is 5.62. The quantitative estimate of drug-likeness (QED) is 0.291. The largest absolute Gasteiger partial charge is 0.423 e. The maximum Gasteiger partial charge on any atom is 0.343 e. The Morgan fingerprint density at radius 2 is 1.64 bits per heavy atom. The number of esters is 1. The molecule has 2 amide bonds. The Kier molecular flexibility index (Phi) is 6.22. The number of rotatable bonds is 5. The molecule has 33 heavy (non-hydrogen) atoms. The number of carbonyl (C=O) groups excluding carboxylic acids is 3. The average molecular weight is 481 g/mol. The van der Waals surface area contributed by atoms with Crippen molar-refractivity contribution < 1.29 is 19.1 Å². The lowest BCUT2D eigenvalue weighted by atomic mass is 10.1. The molecule has 1 aliphatic rings. The number of carbonyl (C=O) groups is 3. The summed E-state index contributed by atoms with van der Waals surface area (Å²) >= 11 is 12.1. The molecule has 0 atom stereocenters. The van der Waals surface area contributed by atoms with Gasteiger partial charge >= 0.3 is 5.97 Å². The topological polar surface area (TPSA) is 75.7 Å². The lowest BCUT2D eigenvalue weighted by Crippen LogP contribution is -2.32. The molecule has 0 bridgehead atoms. The van der Waals surface area contributed by atoms with Crippen molar-refractivity contribution in [2.75, 3.05) is 10.2 Å². The van der Waals surface area contributed by atoms with Crippen molar-refractivity contribution in [1.29, 1.82) is 0 Å². The monoisotopic (exact) mass is 480 g/mol. The normalized spacial score (nSPS) is 13.5. The number of halogens is 2. The lowest BCUT2D eigenvalue weighted by Gasteiger charge is -2.15. The molecule has 0 saturated carbocycles. The van der Waals surface area contributed by atoms with Gasteiger partial charge in [-0.3, -0.25) is 9.59 Å². The van der Waals surface area contributed by atoms with Gasteiger partial charge in [-0.05, 0) is 73.5 Å². The standard InChI is InChI=1S/C25H18Cl2N2O4/c1-14-6-7-15(2)20(12-14)33-25(32)16-8-10-18(11-9-16)28-22-21(27)23(30)29(24(22)31)19-5-3-4-17(26)13-19/h3-13,28H,1-2H3. The fraction of sp³-hybridized carbons (Fsp3) is 0.0800. The number of nitrogens with one attached hydrogen (secondary N) is 1. The minimum Gasteiger partial charge on any atom is -0.423 e. The molecular formula is C25H18Cl2N2O4.